The van der Waals surface area contributed by atoms with Gasteiger partial charge in [0, 0.05) is 5.25 Å². The van der Waals surface area contributed by atoms with Gasteiger partial charge in [-0.3, -0.25) is 0 Å². The maximum atomic E-state index is 2.26. The number of thioether (sulfide) groups is 1. The van der Waals surface area contributed by atoms with Gasteiger partial charge in [0.15, 0.2) is 0 Å². The standard InChI is InChI=1S/C10H18S/c1-5-7-10(9(3)4)11-8-6-2/h5-10H,1-4H3/b7-5+,8-6-. The second-order valence-corrected chi connectivity index (χ2v) is 3.93. The van der Waals surface area contributed by atoms with Crippen LogP contribution in [0.1, 0.15) is 27.7 Å². The van der Waals surface area contributed by atoms with Crippen molar-refractivity contribution in [1.29, 1.82) is 0 Å². The van der Waals surface area contributed by atoms with Crippen molar-refractivity contribution in [1.82, 2.24) is 0 Å². The third-order valence-corrected chi connectivity index (χ3v) is 2.86. The topological polar surface area (TPSA) is 0 Å². The van der Waals surface area contributed by atoms with Crippen molar-refractivity contribution in [2.24, 2.45) is 5.92 Å². The minimum atomic E-state index is 0.635. The van der Waals surface area contributed by atoms with Crippen LogP contribution in [0, 0.1) is 5.92 Å². The van der Waals surface area contributed by atoms with E-state index in [9.17, 15) is 0 Å². The van der Waals surface area contributed by atoms with Crippen LogP contribution in [0.3, 0.4) is 0 Å². The smallest absolute Gasteiger partial charge is 0.0291 e. The number of hydrogen-bond acceptors (Lipinski definition) is 1. The molecule has 0 saturated carbocycles. The Morgan fingerprint density at radius 2 is 1.73 bits per heavy atom. The maximum absolute atomic E-state index is 2.26. The summed E-state index contributed by atoms with van der Waals surface area (Å²) in [5.74, 6) is 0.715. The summed E-state index contributed by atoms with van der Waals surface area (Å²) in [6, 6.07) is 0. The van der Waals surface area contributed by atoms with Gasteiger partial charge < -0.3 is 0 Å². The first-order chi connectivity index (χ1) is 5.22. The van der Waals surface area contributed by atoms with Gasteiger partial charge in [-0.2, -0.15) is 0 Å². The van der Waals surface area contributed by atoms with Gasteiger partial charge in [0.05, 0.1) is 0 Å². The third kappa shape index (κ3) is 5.14. The van der Waals surface area contributed by atoms with Gasteiger partial charge in [-0.25, -0.2) is 0 Å². The predicted molar refractivity (Wildman–Crippen MR) is 55.8 cm³/mol. The monoisotopic (exact) mass is 170 g/mol. The van der Waals surface area contributed by atoms with E-state index in [4.69, 9.17) is 0 Å². The molecule has 0 amide bonds. The molecule has 0 heterocycles. The Kier molecular flexibility index (Phi) is 6.43. The van der Waals surface area contributed by atoms with Crippen LogP contribution >= 0.6 is 11.8 Å². The summed E-state index contributed by atoms with van der Waals surface area (Å²) in [5.41, 5.74) is 0. The molecule has 0 fully saturated rings. The van der Waals surface area contributed by atoms with E-state index in [2.05, 4.69) is 51.3 Å². The molecule has 0 spiro atoms. The fraction of sp³-hybridized carbons (Fsp3) is 0.600. The summed E-state index contributed by atoms with van der Waals surface area (Å²) in [7, 11) is 0. The van der Waals surface area contributed by atoms with E-state index in [0.717, 1.165) is 0 Å². The molecule has 0 bridgehead atoms. The molecule has 64 valence electrons. The van der Waals surface area contributed by atoms with E-state index in [0.29, 0.717) is 11.2 Å². The van der Waals surface area contributed by atoms with Crippen molar-refractivity contribution < 1.29 is 0 Å². The molecule has 0 N–H and O–H groups in total. The highest BCUT2D eigenvalue weighted by atomic mass is 32.2. The molecule has 11 heavy (non-hydrogen) atoms. The minimum Gasteiger partial charge on any atom is -0.127 e. The molecule has 0 aliphatic rings. The van der Waals surface area contributed by atoms with Gasteiger partial charge in [0.1, 0.15) is 0 Å². The Hall–Kier alpha value is -0.170. The van der Waals surface area contributed by atoms with Crippen LogP contribution in [0.5, 0.6) is 0 Å². The fourth-order valence-electron chi connectivity index (χ4n) is 0.784. The Morgan fingerprint density at radius 1 is 1.09 bits per heavy atom. The molecule has 0 aromatic rings. The van der Waals surface area contributed by atoms with E-state index >= 15 is 0 Å². The van der Waals surface area contributed by atoms with Crippen molar-refractivity contribution in [2.75, 3.05) is 0 Å². The highest BCUT2D eigenvalue weighted by molar-refractivity contribution is 8.02. The van der Waals surface area contributed by atoms with Crippen molar-refractivity contribution in [3.8, 4) is 0 Å². The molecule has 0 aliphatic carbocycles. The van der Waals surface area contributed by atoms with Gasteiger partial charge in [-0.05, 0) is 25.2 Å². The van der Waals surface area contributed by atoms with E-state index in [-0.39, 0.29) is 0 Å². The van der Waals surface area contributed by atoms with Crippen LogP contribution in [0.15, 0.2) is 23.6 Å². The Balaban J connectivity index is 3.89. The fourth-order valence-corrected chi connectivity index (χ4v) is 1.68. The first kappa shape index (κ1) is 10.8. The third-order valence-electron chi connectivity index (χ3n) is 1.41. The summed E-state index contributed by atoms with van der Waals surface area (Å²) in [6.07, 6.45) is 6.47. The van der Waals surface area contributed by atoms with Gasteiger partial charge in [0.2, 0.25) is 0 Å². The lowest BCUT2D eigenvalue weighted by Gasteiger charge is -2.13. The summed E-state index contributed by atoms with van der Waals surface area (Å²) in [5, 5.41) is 2.79. The largest absolute Gasteiger partial charge is 0.127 e. The first-order valence-electron chi connectivity index (χ1n) is 4.11. The zero-order valence-corrected chi connectivity index (χ0v) is 8.69. The molecule has 1 atom stereocenters. The highest BCUT2D eigenvalue weighted by Gasteiger charge is 2.06. The lowest BCUT2D eigenvalue weighted by atomic mass is 10.1. The van der Waals surface area contributed by atoms with Crippen LogP contribution in [0.2, 0.25) is 0 Å². The SMILES string of the molecule is C/C=C\SC(/C=C/C)C(C)C. The van der Waals surface area contributed by atoms with E-state index < -0.39 is 0 Å². The summed E-state index contributed by atoms with van der Waals surface area (Å²) >= 11 is 1.89. The van der Waals surface area contributed by atoms with Crippen LogP contribution < -0.4 is 0 Å². The summed E-state index contributed by atoms with van der Waals surface area (Å²) in [6.45, 7) is 8.63. The summed E-state index contributed by atoms with van der Waals surface area (Å²) in [4.78, 5) is 0. The molecule has 0 aromatic carbocycles. The molecule has 0 radical (unpaired) electrons. The van der Waals surface area contributed by atoms with Gasteiger partial charge >= 0.3 is 0 Å². The molecular weight excluding hydrogens is 152 g/mol. The lowest BCUT2D eigenvalue weighted by molar-refractivity contribution is 0.679. The van der Waals surface area contributed by atoms with Crippen LogP contribution in [0.25, 0.3) is 0 Å². The molecule has 0 nitrogen and oxygen atoms in total. The van der Waals surface area contributed by atoms with Crippen molar-refractivity contribution >= 4 is 11.8 Å². The van der Waals surface area contributed by atoms with Crippen molar-refractivity contribution in [3.05, 3.63) is 23.6 Å². The zero-order chi connectivity index (χ0) is 8.69. The van der Waals surface area contributed by atoms with Gasteiger partial charge in [0.25, 0.3) is 0 Å². The molecular formula is C10H18S. The van der Waals surface area contributed by atoms with Crippen LogP contribution in [-0.4, -0.2) is 5.25 Å². The average Bonchev–Trinajstić information content (AvgIpc) is 1.97. The molecule has 1 unspecified atom stereocenters. The highest BCUT2D eigenvalue weighted by Crippen LogP contribution is 2.21. The maximum Gasteiger partial charge on any atom is 0.0291 e. The molecule has 0 rings (SSSR count). The second kappa shape index (κ2) is 6.53. The van der Waals surface area contributed by atoms with E-state index in [1.807, 2.05) is 11.8 Å². The average molecular weight is 170 g/mol. The summed E-state index contributed by atoms with van der Waals surface area (Å²) < 4.78 is 0. The molecule has 0 saturated heterocycles. The van der Waals surface area contributed by atoms with E-state index in [1.54, 1.807) is 0 Å². The Bertz CT molecular complexity index is 134. The Morgan fingerprint density at radius 3 is 2.09 bits per heavy atom. The first-order valence-corrected chi connectivity index (χ1v) is 5.06. The van der Waals surface area contributed by atoms with Gasteiger partial charge in [-0.1, -0.05) is 32.1 Å². The normalized spacial score (nSPS) is 15.4. The number of hydrogen-bond donors (Lipinski definition) is 0. The zero-order valence-electron chi connectivity index (χ0n) is 7.87. The minimum absolute atomic E-state index is 0.635. The van der Waals surface area contributed by atoms with Gasteiger partial charge in [-0.15, -0.1) is 11.8 Å². The van der Waals surface area contributed by atoms with Crippen molar-refractivity contribution in [2.45, 2.75) is 32.9 Å². The number of rotatable bonds is 4. The molecule has 0 aromatic heterocycles. The molecule has 0 aliphatic heterocycles. The molecule has 1 heteroatoms. The van der Waals surface area contributed by atoms with Crippen LogP contribution in [-0.2, 0) is 0 Å². The van der Waals surface area contributed by atoms with Crippen LogP contribution in [0.4, 0.5) is 0 Å². The number of allylic oxidation sites excluding steroid dienone is 2. The predicted octanol–water partition coefficient (Wildman–Crippen LogP) is 3.85. The Labute approximate surface area is 74.8 Å². The second-order valence-electron chi connectivity index (χ2n) is 2.84. The lowest BCUT2D eigenvalue weighted by Crippen LogP contribution is -2.05. The quantitative estimate of drug-likeness (QED) is 0.577. The van der Waals surface area contributed by atoms with E-state index in [1.165, 1.54) is 0 Å². The van der Waals surface area contributed by atoms with Crippen molar-refractivity contribution in [3.63, 3.8) is 0 Å².